The molecule has 162 valence electrons. The van der Waals surface area contributed by atoms with Crippen molar-refractivity contribution in [2.75, 3.05) is 10.8 Å². The van der Waals surface area contributed by atoms with E-state index in [1.807, 2.05) is 45.0 Å². The van der Waals surface area contributed by atoms with Gasteiger partial charge in [0.1, 0.15) is 6.54 Å². The third kappa shape index (κ3) is 5.74. The van der Waals surface area contributed by atoms with Gasteiger partial charge in [0.25, 0.3) is 10.0 Å². The van der Waals surface area contributed by atoms with Gasteiger partial charge in [-0.05, 0) is 62.7 Å². The van der Waals surface area contributed by atoms with Gasteiger partial charge in [-0.25, -0.2) is 8.42 Å². The van der Waals surface area contributed by atoms with Crippen molar-refractivity contribution in [3.05, 3.63) is 94.0 Å². The van der Waals surface area contributed by atoms with E-state index in [1.165, 1.54) is 0 Å². The van der Waals surface area contributed by atoms with Crippen LogP contribution in [0.4, 0.5) is 5.69 Å². The van der Waals surface area contributed by atoms with Crippen molar-refractivity contribution < 1.29 is 13.2 Å². The Labute approximate surface area is 192 Å². The largest absolute Gasteiger partial charge is 0.348 e. The molecule has 3 aromatic rings. The molecule has 0 radical (unpaired) electrons. The molecule has 0 bridgehead atoms. The fraction of sp³-hybridized carbons (Fsp3) is 0.208. The molecule has 7 heteroatoms. The van der Waals surface area contributed by atoms with Gasteiger partial charge in [0.15, 0.2) is 0 Å². The molecule has 0 heterocycles. The molecule has 0 unspecified atom stereocenters. The van der Waals surface area contributed by atoms with Crippen molar-refractivity contribution in [1.82, 2.24) is 5.32 Å². The third-order valence-corrected chi connectivity index (χ3v) is 7.28. The van der Waals surface area contributed by atoms with E-state index in [2.05, 4.69) is 21.2 Å². The molecule has 1 N–H and O–H groups in total. The number of nitrogens with one attached hydrogen (secondary N) is 1. The standard InChI is InChI=1S/C24H25BrN2O3S/c1-17-4-8-20(9-5-17)19(3)26-24(28)16-27(22-12-10-21(25)11-13-22)31(29,30)23-14-6-18(2)7-15-23/h4-15,19H,16H2,1-3H3,(H,26,28)/t19-/m0/s1. The highest BCUT2D eigenvalue weighted by Crippen LogP contribution is 2.25. The molecule has 5 nitrogen and oxygen atoms in total. The molecule has 0 saturated heterocycles. The fourth-order valence-corrected chi connectivity index (χ4v) is 4.80. The van der Waals surface area contributed by atoms with Crippen LogP contribution in [-0.2, 0) is 14.8 Å². The second kappa shape index (κ2) is 9.66. The fourth-order valence-electron chi connectivity index (χ4n) is 3.12. The van der Waals surface area contributed by atoms with Crippen LogP contribution >= 0.6 is 15.9 Å². The van der Waals surface area contributed by atoms with Crippen LogP contribution in [0.25, 0.3) is 0 Å². The molecule has 1 atom stereocenters. The lowest BCUT2D eigenvalue weighted by molar-refractivity contribution is -0.120. The number of carbonyl (C=O) groups is 1. The summed E-state index contributed by atoms with van der Waals surface area (Å²) in [6.07, 6.45) is 0. The van der Waals surface area contributed by atoms with Gasteiger partial charge in [-0.1, -0.05) is 63.5 Å². The summed E-state index contributed by atoms with van der Waals surface area (Å²) in [5.41, 5.74) is 3.46. The molecule has 3 rings (SSSR count). The molecular weight excluding hydrogens is 476 g/mol. The van der Waals surface area contributed by atoms with Crippen LogP contribution < -0.4 is 9.62 Å². The molecule has 0 saturated carbocycles. The van der Waals surface area contributed by atoms with Crippen molar-refractivity contribution in [2.45, 2.75) is 31.7 Å². The maximum Gasteiger partial charge on any atom is 0.264 e. The number of benzene rings is 3. The number of nitrogens with zero attached hydrogens (tertiary/aromatic N) is 1. The van der Waals surface area contributed by atoms with Gasteiger partial charge in [-0.2, -0.15) is 0 Å². The van der Waals surface area contributed by atoms with Gasteiger partial charge in [0.2, 0.25) is 5.91 Å². The predicted octanol–water partition coefficient (Wildman–Crippen LogP) is 5.14. The quantitative estimate of drug-likeness (QED) is 0.488. The Morgan fingerprint density at radius 1 is 0.903 bits per heavy atom. The lowest BCUT2D eigenvalue weighted by Crippen LogP contribution is -2.41. The van der Waals surface area contributed by atoms with Crippen LogP contribution in [-0.4, -0.2) is 20.9 Å². The number of hydrogen-bond acceptors (Lipinski definition) is 3. The Bertz CT molecular complexity index is 1140. The summed E-state index contributed by atoms with van der Waals surface area (Å²) in [6.45, 7) is 5.44. The number of carbonyl (C=O) groups excluding carboxylic acids is 1. The van der Waals surface area contributed by atoms with E-state index in [1.54, 1.807) is 48.5 Å². The summed E-state index contributed by atoms with van der Waals surface area (Å²) in [4.78, 5) is 13.0. The molecular formula is C24H25BrN2O3S. The number of rotatable bonds is 7. The highest BCUT2D eigenvalue weighted by Gasteiger charge is 2.27. The number of halogens is 1. The van der Waals surface area contributed by atoms with E-state index >= 15 is 0 Å². The minimum absolute atomic E-state index is 0.139. The van der Waals surface area contributed by atoms with Gasteiger partial charge in [0.05, 0.1) is 16.6 Å². The number of aryl methyl sites for hydroxylation is 2. The summed E-state index contributed by atoms with van der Waals surface area (Å²) in [7, 11) is -3.93. The number of amides is 1. The van der Waals surface area contributed by atoms with Crippen molar-refractivity contribution in [1.29, 1.82) is 0 Å². The Kier molecular flexibility index (Phi) is 7.18. The maximum atomic E-state index is 13.4. The first-order valence-corrected chi connectivity index (χ1v) is 12.1. The van der Waals surface area contributed by atoms with Crippen LogP contribution in [0.3, 0.4) is 0 Å². The summed E-state index contributed by atoms with van der Waals surface area (Å²) in [5, 5.41) is 2.91. The Balaban J connectivity index is 1.87. The maximum absolute atomic E-state index is 13.4. The zero-order valence-corrected chi connectivity index (χ0v) is 20.1. The molecule has 0 aliphatic rings. The molecule has 3 aromatic carbocycles. The molecule has 0 aliphatic heterocycles. The second-order valence-corrected chi connectivity index (χ2v) is 10.3. The average Bonchev–Trinajstić information content (AvgIpc) is 2.73. The number of anilines is 1. The smallest absolute Gasteiger partial charge is 0.264 e. The van der Waals surface area contributed by atoms with Gasteiger partial charge >= 0.3 is 0 Å². The summed E-state index contributed by atoms with van der Waals surface area (Å²) >= 11 is 3.37. The Hall–Kier alpha value is -2.64. The van der Waals surface area contributed by atoms with Crippen LogP contribution in [0, 0.1) is 13.8 Å². The number of sulfonamides is 1. The van der Waals surface area contributed by atoms with Crippen molar-refractivity contribution in [2.24, 2.45) is 0 Å². The van der Waals surface area contributed by atoms with E-state index in [0.29, 0.717) is 5.69 Å². The van der Waals surface area contributed by atoms with Crippen LogP contribution in [0.2, 0.25) is 0 Å². The van der Waals surface area contributed by atoms with Gasteiger partial charge < -0.3 is 5.32 Å². The summed E-state index contributed by atoms with van der Waals surface area (Å²) < 4.78 is 28.7. The monoisotopic (exact) mass is 500 g/mol. The first-order chi connectivity index (χ1) is 14.7. The van der Waals surface area contributed by atoms with Crippen LogP contribution in [0.15, 0.2) is 82.2 Å². The van der Waals surface area contributed by atoms with Gasteiger partial charge in [-0.3, -0.25) is 9.10 Å². The van der Waals surface area contributed by atoms with Crippen molar-refractivity contribution >= 4 is 37.5 Å². The number of hydrogen-bond donors (Lipinski definition) is 1. The van der Waals surface area contributed by atoms with Crippen molar-refractivity contribution in [3.8, 4) is 0 Å². The summed E-state index contributed by atoms with van der Waals surface area (Å²) in [5.74, 6) is -0.383. The molecule has 31 heavy (non-hydrogen) atoms. The average molecular weight is 501 g/mol. The van der Waals surface area contributed by atoms with E-state index in [4.69, 9.17) is 0 Å². The molecule has 0 spiro atoms. The molecule has 0 aromatic heterocycles. The van der Waals surface area contributed by atoms with Crippen LogP contribution in [0.5, 0.6) is 0 Å². The highest BCUT2D eigenvalue weighted by atomic mass is 79.9. The summed E-state index contributed by atoms with van der Waals surface area (Å²) in [6, 6.07) is 21.1. The van der Waals surface area contributed by atoms with E-state index < -0.39 is 10.0 Å². The molecule has 1 amide bonds. The van der Waals surface area contributed by atoms with Crippen molar-refractivity contribution in [3.63, 3.8) is 0 Å². The minimum atomic E-state index is -3.93. The molecule has 0 aliphatic carbocycles. The topological polar surface area (TPSA) is 66.5 Å². The van der Waals surface area contributed by atoms with E-state index in [0.717, 1.165) is 25.5 Å². The lowest BCUT2D eigenvalue weighted by atomic mass is 10.1. The zero-order valence-electron chi connectivity index (χ0n) is 17.7. The SMILES string of the molecule is Cc1ccc([C@H](C)NC(=O)CN(c2ccc(Br)cc2)S(=O)(=O)c2ccc(C)cc2)cc1. The highest BCUT2D eigenvalue weighted by molar-refractivity contribution is 9.10. The lowest BCUT2D eigenvalue weighted by Gasteiger charge is -2.25. The van der Waals surface area contributed by atoms with Gasteiger partial charge in [-0.15, -0.1) is 0 Å². The first-order valence-electron chi connectivity index (χ1n) is 9.88. The minimum Gasteiger partial charge on any atom is -0.348 e. The van der Waals surface area contributed by atoms with Gasteiger partial charge in [0, 0.05) is 4.47 Å². The molecule has 0 fully saturated rings. The van der Waals surface area contributed by atoms with E-state index in [9.17, 15) is 13.2 Å². The van der Waals surface area contributed by atoms with Crippen LogP contribution in [0.1, 0.15) is 29.7 Å². The third-order valence-electron chi connectivity index (χ3n) is 4.97. The Morgan fingerprint density at radius 2 is 1.42 bits per heavy atom. The van der Waals surface area contributed by atoms with E-state index in [-0.39, 0.29) is 23.4 Å². The predicted molar refractivity (Wildman–Crippen MR) is 128 cm³/mol. The second-order valence-electron chi connectivity index (χ2n) is 7.50. The Morgan fingerprint density at radius 3 is 1.97 bits per heavy atom. The normalized spacial score (nSPS) is 12.3. The zero-order chi connectivity index (χ0) is 22.6. The first kappa shape index (κ1) is 23.0.